The molecule has 0 aromatic heterocycles. The lowest BCUT2D eigenvalue weighted by Crippen LogP contribution is -2.57. The summed E-state index contributed by atoms with van der Waals surface area (Å²) in [4.78, 5) is 2.53. The van der Waals surface area contributed by atoms with E-state index in [0.29, 0.717) is 6.04 Å². The van der Waals surface area contributed by atoms with E-state index in [1.54, 1.807) is 0 Å². The first kappa shape index (κ1) is 8.81. The lowest BCUT2D eigenvalue weighted by Gasteiger charge is -2.44. The van der Waals surface area contributed by atoms with Crippen LogP contribution in [0.2, 0.25) is 0 Å². The highest BCUT2D eigenvalue weighted by atomic mass is 32.2. The van der Waals surface area contributed by atoms with Gasteiger partial charge in [-0.15, -0.1) is 0 Å². The average molecular weight is 188 g/mol. The molecule has 70 valence electrons. The van der Waals surface area contributed by atoms with Crippen LogP contribution < -0.4 is 5.73 Å². The zero-order chi connectivity index (χ0) is 8.39. The SMILES string of the molecule is NCC1COCCN1C1CSC1. The fourth-order valence-electron chi connectivity index (χ4n) is 1.77. The second kappa shape index (κ2) is 3.96. The molecule has 2 fully saturated rings. The third-order valence-corrected chi connectivity index (χ3v) is 3.88. The Balaban J connectivity index is 1.90. The summed E-state index contributed by atoms with van der Waals surface area (Å²) in [5, 5.41) is 0. The molecule has 0 amide bonds. The van der Waals surface area contributed by atoms with Gasteiger partial charge in [-0.3, -0.25) is 4.90 Å². The van der Waals surface area contributed by atoms with E-state index in [4.69, 9.17) is 10.5 Å². The van der Waals surface area contributed by atoms with Gasteiger partial charge in [0.2, 0.25) is 0 Å². The maximum Gasteiger partial charge on any atom is 0.0634 e. The van der Waals surface area contributed by atoms with Crippen molar-refractivity contribution in [2.45, 2.75) is 12.1 Å². The van der Waals surface area contributed by atoms with Crippen LogP contribution in [0.25, 0.3) is 0 Å². The summed E-state index contributed by atoms with van der Waals surface area (Å²) in [5.74, 6) is 2.58. The number of ether oxygens (including phenoxy) is 1. The van der Waals surface area contributed by atoms with E-state index < -0.39 is 0 Å². The summed E-state index contributed by atoms with van der Waals surface area (Å²) in [7, 11) is 0. The van der Waals surface area contributed by atoms with Crippen molar-refractivity contribution >= 4 is 11.8 Å². The molecule has 2 aliphatic heterocycles. The predicted molar refractivity (Wildman–Crippen MR) is 51.5 cm³/mol. The van der Waals surface area contributed by atoms with Crippen LogP contribution in [0.1, 0.15) is 0 Å². The molecule has 1 unspecified atom stereocenters. The molecule has 0 aromatic rings. The number of rotatable bonds is 2. The molecule has 3 nitrogen and oxygen atoms in total. The Morgan fingerprint density at radius 3 is 2.92 bits per heavy atom. The highest BCUT2D eigenvalue weighted by Gasteiger charge is 2.32. The predicted octanol–water partition coefficient (Wildman–Crippen LogP) is -0.239. The summed E-state index contributed by atoms with van der Waals surface area (Å²) in [6.07, 6.45) is 0. The highest BCUT2D eigenvalue weighted by molar-refractivity contribution is 8.00. The number of nitrogens with two attached hydrogens (primary N) is 1. The molecule has 12 heavy (non-hydrogen) atoms. The van der Waals surface area contributed by atoms with Crippen molar-refractivity contribution in [2.75, 3.05) is 37.8 Å². The average Bonchev–Trinajstić information content (AvgIpc) is 2.02. The zero-order valence-electron chi connectivity index (χ0n) is 7.24. The molecule has 4 heteroatoms. The molecule has 2 N–H and O–H groups in total. The highest BCUT2D eigenvalue weighted by Crippen LogP contribution is 2.25. The minimum atomic E-state index is 0.477. The fourth-order valence-corrected chi connectivity index (χ4v) is 2.60. The van der Waals surface area contributed by atoms with Crippen LogP contribution in [-0.2, 0) is 4.74 Å². The van der Waals surface area contributed by atoms with Crippen molar-refractivity contribution in [1.82, 2.24) is 4.90 Å². The summed E-state index contributed by atoms with van der Waals surface area (Å²) < 4.78 is 5.39. The molecule has 0 bridgehead atoms. The van der Waals surface area contributed by atoms with Gasteiger partial charge in [0.05, 0.1) is 13.2 Å². The van der Waals surface area contributed by atoms with Crippen LogP contribution in [0, 0.1) is 0 Å². The van der Waals surface area contributed by atoms with Gasteiger partial charge in [-0.2, -0.15) is 11.8 Å². The van der Waals surface area contributed by atoms with E-state index in [1.807, 2.05) is 11.8 Å². The van der Waals surface area contributed by atoms with Crippen LogP contribution in [0.15, 0.2) is 0 Å². The maximum atomic E-state index is 5.68. The first-order valence-corrected chi connectivity index (χ1v) is 5.68. The van der Waals surface area contributed by atoms with Gasteiger partial charge in [-0.25, -0.2) is 0 Å². The second-order valence-electron chi connectivity index (χ2n) is 3.39. The number of hydrogen-bond donors (Lipinski definition) is 1. The molecule has 0 spiro atoms. The number of hydrogen-bond acceptors (Lipinski definition) is 4. The molecule has 2 saturated heterocycles. The Morgan fingerprint density at radius 2 is 2.33 bits per heavy atom. The van der Waals surface area contributed by atoms with E-state index in [0.717, 1.165) is 32.3 Å². The number of thioether (sulfide) groups is 1. The number of morpholine rings is 1. The first-order chi connectivity index (χ1) is 5.92. The van der Waals surface area contributed by atoms with E-state index in [-0.39, 0.29) is 0 Å². The largest absolute Gasteiger partial charge is 0.378 e. The van der Waals surface area contributed by atoms with Gasteiger partial charge in [0.15, 0.2) is 0 Å². The molecular weight excluding hydrogens is 172 g/mol. The Bertz CT molecular complexity index is 152. The van der Waals surface area contributed by atoms with Gasteiger partial charge in [0.1, 0.15) is 0 Å². The Labute approximate surface area is 77.6 Å². The van der Waals surface area contributed by atoms with Crippen LogP contribution in [0.3, 0.4) is 0 Å². The maximum absolute atomic E-state index is 5.68. The van der Waals surface area contributed by atoms with Gasteiger partial charge < -0.3 is 10.5 Å². The standard InChI is InChI=1S/C8H16N2OS/c9-3-7-4-11-2-1-10(7)8-5-12-6-8/h7-8H,1-6,9H2. The van der Waals surface area contributed by atoms with Crippen LogP contribution >= 0.6 is 11.8 Å². The van der Waals surface area contributed by atoms with E-state index >= 15 is 0 Å². The molecule has 1 atom stereocenters. The van der Waals surface area contributed by atoms with E-state index in [9.17, 15) is 0 Å². The minimum Gasteiger partial charge on any atom is -0.378 e. The van der Waals surface area contributed by atoms with Crippen molar-refractivity contribution in [2.24, 2.45) is 5.73 Å². The van der Waals surface area contributed by atoms with Gasteiger partial charge in [-0.1, -0.05) is 0 Å². The molecule has 0 saturated carbocycles. The van der Waals surface area contributed by atoms with Crippen LogP contribution in [0.5, 0.6) is 0 Å². The van der Waals surface area contributed by atoms with Crippen molar-refractivity contribution < 1.29 is 4.74 Å². The molecule has 2 heterocycles. The summed E-state index contributed by atoms with van der Waals surface area (Å²) >= 11 is 2.03. The van der Waals surface area contributed by atoms with E-state index in [1.165, 1.54) is 11.5 Å². The van der Waals surface area contributed by atoms with Crippen molar-refractivity contribution in [3.8, 4) is 0 Å². The Morgan fingerprint density at radius 1 is 1.50 bits per heavy atom. The number of nitrogens with zero attached hydrogens (tertiary/aromatic N) is 1. The quantitative estimate of drug-likeness (QED) is 0.649. The molecule has 0 aromatic carbocycles. The fraction of sp³-hybridized carbons (Fsp3) is 1.00. The topological polar surface area (TPSA) is 38.5 Å². The third kappa shape index (κ3) is 1.62. The van der Waals surface area contributed by atoms with Crippen molar-refractivity contribution in [3.05, 3.63) is 0 Å². The summed E-state index contributed by atoms with van der Waals surface area (Å²) in [6, 6.07) is 1.26. The second-order valence-corrected chi connectivity index (χ2v) is 4.47. The van der Waals surface area contributed by atoms with Crippen LogP contribution in [0.4, 0.5) is 0 Å². The first-order valence-electron chi connectivity index (χ1n) is 4.53. The van der Waals surface area contributed by atoms with Gasteiger partial charge >= 0.3 is 0 Å². The van der Waals surface area contributed by atoms with Gasteiger partial charge in [-0.05, 0) is 0 Å². The molecular formula is C8H16N2OS. The summed E-state index contributed by atoms with van der Waals surface area (Å²) in [5.41, 5.74) is 5.68. The summed E-state index contributed by atoms with van der Waals surface area (Å²) in [6.45, 7) is 3.53. The van der Waals surface area contributed by atoms with Crippen LogP contribution in [-0.4, -0.2) is 54.8 Å². The van der Waals surface area contributed by atoms with Gasteiger partial charge in [0, 0.05) is 36.7 Å². The Kier molecular flexibility index (Phi) is 2.91. The third-order valence-electron chi connectivity index (χ3n) is 2.63. The monoisotopic (exact) mass is 188 g/mol. The van der Waals surface area contributed by atoms with Crippen molar-refractivity contribution in [3.63, 3.8) is 0 Å². The zero-order valence-corrected chi connectivity index (χ0v) is 8.05. The molecule has 0 radical (unpaired) electrons. The van der Waals surface area contributed by atoms with Crippen molar-refractivity contribution in [1.29, 1.82) is 0 Å². The van der Waals surface area contributed by atoms with E-state index in [2.05, 4.69) is 4.90 Å². The van der Waals surface area contributed by atoms with Gasteiger partial charge in [0.25, 0.3) is 0 Å². The Hall–Kier alpha value is 0.230. The molecule has 2 aliphatic rings. The smallest absolute Gasteiger partial charge is 0.0634 e. The minimum absolute atomic E-state index is 0.477. The molecule has 0 aliphatic carbocycles. The molecule has 2 rings (SSSR count). The normalized spacial score (nSPS) is 33.2. The lowest BCUT2D eigenvalue weighted by atomic mass is 10.1. The lowest BCUT2D eigenvalue weighted by molar-refractivity contribution is -0.0186.